The minimum atomic E-state index is -0.723. The van der Waals surface area contributed by atoms with E-state index in [1.165, 1.54) is 9.80 Å². The molecule has 1 saturated heterocycles. The third-order valence-corrected chi connectivity index (χ3v) is 5.89. The molecule has 1 fully saturated rings. The van der Waals surface area contributed by atoms with Crippen LogP contribution in [0.2, 0.25) is 0 Å². The highest BCUT2D eigenvalue weighted by Crippen LogP contribution is 2.20. The van der Waals surface area contributed by atoms with Gasteiger partial charge >= 0.3 is 11.9 Å². The molecule has 0 radical (unpaired) electrons. The molecule has 1 aliphatic heterocycles. The fourth-order valence-corrected chi connectivity index (χ4v) is 3.95. The van der Waals surface area contributed by atoms with Crippen LogP contribution in [0.15, 0.2) is 69.5 Å². The number of amides is 2. The summed E-state index contributed by atoms with van der Waals surface area (Å²) in [6, 6.07) is 17.4. The minimum absolute atomic E-state index is 0.0246. The van der Waals surface area contributed by atoms with Crippen molar-refractivity contribution in [1.82, 2.24) is 9.80 Å². The maximum atomic E-state index is 12.5. The first-order chi connectivity index (χ1) is 17.5. The van der Waals surface area contributed by atoms with E-state index in [-0.39, 0.29) is 49.5 Å². The summed E-state index contributed by atoms with van der Waals surface area (Å²) < 4.78 is 21.1. The Hall–Kier alpha value is -4.60. The van der Waals surface area contributed by atoms with Gasteiger partial charge in [-0.15, -0.1) is 0 Å². The number of rotatable bonds is 6. The summed E-state index contributed by atoms with van der Waals surface area (Å²) in [5.74, 6) is -2.14. The number of para-hydroxylation sites is 2. The van der Waals surface area contributed by atoms with Gasteiger partial charge < -0.3 is 28.1 Å². The number of nitrogens with zero attached hydrogens (tertiary/aromatic N) is 2. The minimum Gasteiger partial charge on any atom is -0.450 e. The summed E-state index contributed by atoms with van der Waals surface area (Å²) >= 11 is 0. The molecular formula is C26H22N2O8. The van der Waals surface area contributed by atoms with Gasteiger partial charge in [-0.25, -0.2) is 9.59 Å². The van der Waals surface area contributed by atoms with Gasteiger partial charge in [0.2, 0.25) is 11.5 Å². The Morgan fingerprint density at radius 2 is 1.03 bits per heavy atom. The summed E-state index contributed by atoms with van der Waals surface area (Å²) in [7, 11) is 0. The van der Waals surface area contributed by atoms with Gasteiger partial charge in [0, 0.05) is 37.0 Å². The summed E-state index contributed by atoms with van der Waals surface area (Å²) in [6.07, 6.45) is 0. The molecule has 0 atom stereocenters. The normalized spacial score (nSPS) is 13.7. The van der Waals surface area contributed by atoms with Crippen LogP contribution in [-0.2, 0) is 19.1 Å². The zero-order valence-electron chi connectivity index (χ0n) is 19.2. The van der Waals surface area contributed by atoms with Crippen LogP contribution in [0, 0.1) is 0 Å². The molecule has 2 aromatic heterocycles. The van der Waals surface area contributed by atoms with Crippen molar-refractivity contribution >= 4 is 45.7 Å². The Labute approximate surface area is 204 Å². The number of esters is 2. The van der Waals surface area contributed by atoms with Gasteiger partial charge in [0.15, 0.2) is 13.2 Å². The number of hydrogen-bond acceptors (Lipinski definition) is 8. The van der Waals surface area contributed by atoms with E-state index >= 15 is 0 Å². The van der Waals surface area contributed by atoms with E-state index in [1.807, 2.05) is 12.1 Å². The first-order valence-corrected chi connectivity index (χ1v) is 11.3. The van der Waals surface area contributed by atoms with E-state index in [0.29, 0.717) is 11.2 Å². The van der Waals surface area contributed by atoms with Gasteiger partial charge in [0.25, 0.3) is 11.8 Å². The van der Waals surface area contributed by atoms with Gasteiger partial charge in [0.1, 0.15) is 11.2 Å². The highest BCUT2D eigenvalue weighted by Gasteiger charge is 2.26. The molecule has 10 nitrogen and oxygen atoms in total. The summed E-state index contributed by atoms with van der Waals surface area (Å²) in [5.41, 5.74) is 1.11. The maximum absolute atomic E-state index is 12.5. The van der Waals surface area contributed by atoms with Crippen LogP contribution in [0.1, 0.15) is 21.1 Å². The highest BCUT2D eigenvalue weighted by molar-refractivity contribution is 5.94. The van der Waals surface area contributed by atoms with Crippen LogP contribution >= 0.6 is 0 Å². The number of ether oxygens (including phenoxy) is 2. The van der Waals surface area contributed by atoms with Gasteiger partial charge in [-0.1, -0.05) is 36.4 Å². The fourth-order valence-electron chi connectivity index (χ4n) is 3.95. The predicted molar refractivity (Wildman–Crippen MR) is 126 cm³/mol. The van der Waals surface area contributed by atoms with Crippen LogP contribution in [0.25, 0.3) is 21.9 Å². The Balaban J connectivity index is 1.05. The monoisotopic (exact) mass is 490 g/mol. The van der Waals surface area contributed by atoms with Crippen molar-refractivity contribution in [2.75, 3.05) is 39.4 Å². The molecule has 184 valence electrons. The van der Waals surface area contributed by atoms with Gasteiger partial charge in [-0.3, -0.25) is 9.59 Å². The quantitative estimate of drug-likeness (QED) is 0.379. The first-order valence-electron chi connectivity index (χ1n) is 11.3. The van der Waals surface area contributed by atoms with Gasteiger partial charge in [0.05, 0.1) is 0 Å². The zero-order chi connectivity index (χ0) is 25.1. The van der Waals surface area contributed by atoms with Crippen LogP contribution in [0.3, 0.4) is 0 Å². The second kappa shape index (κ2) is 9.95. The molecule has 0 unspecified atom stereocenters. The molecule has 0 N–H and O–H groups in total. The number of hydrogen-bond donors (Lipinski definition) is 0. The molecule has 2 aromatic carbocycles. The number of carbonyl (C=O) groups excluding carboxylic acids is 4. The Bertz CT molecular complexity index is 1270. The molecule has 4 aromatic rings. The molecule has 1 aliphatic rings. The van der Waals surface area contributed by atoms with E-state index < -0.39 is 25.2 Å². The lowest BCUT2D eigenvalue weighted by Gasteiger charge is -2.34. The molecular weight excluding hydrogens is 468 g/mol. The van der Waals surface area contributed by atoms with Crippen LogP contribution < -0.4 is 0 Å². The molecule has 36 heavy (non-hydrogen) atoms. The summed E-state index contributed by atoms with van der Waals surface area (Å²) in [6.45, 7) is 0.209. The van der Waals surface area contributed by atoms with Crippen molar-refractivity contribution in [2.45, 2.75) is 0 Å². The van der Waals surface area contributed by atoms with E-state index in [1.54, 1.807) is 48.5 Å². The van der Waals surface area contributed by atoms with Crippen molar-refractivity contribution in [1.29, 1.82) is 0 Å². The van der Waals surface area contributed by atoms with Crippen molar-refractivity contribution in [3.63, 3.8) is 0 Å². The lowest BCUT2D eigenvalue weighted by Crippen LogP contribution is -2.52. The molecule has 0 aliphatic carbocycles. The molecule has 2 amide bonds. The number of carbonyl (C=O) groups is 4. The van der Waals surface area contributed by atoms with Crippen molar-refractivity contribution in [3.05, 3.63) is 72.2 Å². The molecule has 10 heteroatoms. The van der Waals surface area contributed by atoms with Crippen LogP contribution in [-0.4, -0.2) is 72.9 Å². The number of furan rings is 2. The number of piperazine rings is 1. The second-order valence-corrected chi connectivity index (χ2v) is 8.21. The lowest BCUT2D eigenvalue weighted by atomic mass is 10.2. The molecule has 0 saturated carbocycles. The predicted octanol–water partition coefficient (Wildman–Crippen LogP) is 2.86. The molecule has 0 spiro atoms. The average Bonchev–Trinajstić information content (AvgIpc) is 3.54. The lowest BCUT2D eigenvalue weighted by molar-refractivity contribution is -0.142. The summed E-state index contributed by atoms with van der Waals surface area (Å²) in [5, 5.41) is 1.53. The Morgan fingerprint density at radius 1 is 0.639 bits per heavy atom. The number of benzene rings is 2. The van der Waals surface area contributed by atoms with Crippen molar-refractivity contribution in [3.8, 4) is 0 Å². The SMILES string of the molecule is O=C(OCC(=O)N1CCN(C(=O)COC(=O)c2cc3ccccc3o2)CC1)c1cc2ccccc2o1. The van der Waals surface area contributed by atoms with E-state index in [4.69, 9.17) is 18.3 Å². The number of fused-ring (bicyclic) bond motifs is 2. The smallest absolute Gasteiger partial charge is 0.374 e. The van der Waals surface area contributed by atoms with Crippen molar-refractivity contribution < 1.29 is 37.5 Å². The standard InChI is InChI=1S/C26H22N2O8/c29-23(15-33-25(31)21-13-17-5-1-3-7-19(17)35-21)27-9-11-28(12-10-27)24(30)16-34-26(32)22-14-18-6-2-4-8-20(18)36-22/h1-8,13-14H,9-12,15-16H2. The molecule has 3 heterocycles. The zero-order valence-corrected chi connectivity index (χ0v) is 19.2. The van der Waals surface area contributed by atoms with Gasteiger partial charge in [-0.2, -0.15) is 0 Å². The van der Waals surface area contributed by atoms with E-state index in [2.05, 4.69) is 0 Å². The van der Waals surface area contributed by atoms with Crippen LogP contribution in [0.5, 0.6) is 0 Å². The molecule has 5 rings (SSSR count). The van der Waals surface area contributed by atoms with E-state index in [0.717, 1.165) is 10.8 Å². The summed E-state index contributed by atoms with van der Waals surface area (Å²) in [4.78, 5) is 52.4. The van der Waals surface area contributed by atoms with Gasteiger partial charge in [-0.05, 0) is 24.3 Å². The molecule has 0 bridgehead atoms. The third kappa shape index (κ3) is 4.92. The average molecular weight is 490 g/mol. The third-order valence-electron chi connectivity index (χ3n) is 5.89. The largest absolute Gasteiger partial charge is 0.450 e. The highest BCUT2D eigenvalue weighted by atomic mass is 16.6. The Kier molecular flexibility index (Phi) is 6.40. The van der Waals surface area contributed by atoms with E-state index in [9.17, 15) is 19.2 Å². The topological polar surface area (TPSA) is 120 Å². The van der Waals surface area contributed by atoms with Crippen molar-refractivity contribution in [2.24, 2.45) is 0 Å². The second-order valence-electron chi connectivity index (χ2n) is 8.21. The maximum Gasteiger partial charge on any atom is 0.374 e. The first kappa shape index (κ1) is 23.2. The Morgan fingerprint density at radius 3 is 1.42 bits per heavy atom. The fraction of sp³-hybridized carbons (Fsp3) is 0.231. The van der Waals surface area contributed by atoms with Crippen LogP contribution in [0.4, 0.5) is 0 Å².